The number of halogens is 1. The zero-order valence-corrected chi connectivity index (χ0v) is 12.9. The van der Waals surface area contributed by atoms with Crippen molar-refractivity contribution in [3.05, 3.63) is 58.8 Å². The van der Waals surface area contributed by atoms with Crippen LogP contribution in [0.1, 0.15) is 10.4 Å². The van der Waals surface area contributed by atoms with E-state index in [1.807, 2.05) is 30.3 Å². The topological polar surface area (TPSA) is 59.5 Å². The molecule has 1 aromatic heterocycles. The minimum Gasteiger partial charge on any atom is -0.463 e. The smallest absolute Gasteiger partial charge is 0.261 e. The van der Waals surface area contributed by atoms with Crippen LogP contribution in [0.2, 0.25) is 0 Å². The standard InChI is InChI=1S/C16H13BrN2O2/c1-19(14-7-6-10(17)8-13(14)18)16(20)12-9-21-15-5-3-2-4-11(12)15/h2-9H,18H2,1H3. The predicted octanol–water partition coefficient (Wildman–Crippen LogP) is 4.05. The molecule has 0 radical (unpaired) electrons. The van der Waals surface area contributed by atoms with E-state index in [2.05, 4.69) is 15.9 Å². The van der Waals surface area contributed by atoms with Gasteiger partial charge in [-0.25, -0.2) is 0 Å². The molecule has 1 heterocycles. The summed E-state index contributed by atoms with van der Waals surface area (Å²) in [6.45, 7) is 0. The summed E-state index contributed by atoms with van der Waals surface area (Å²) < 4.78 is 6.29. The molecular formula is C16H13BrN2O2. The van der Waals surface area contributed by atoms with E-state index < -0.39 is 0 Å². The maximum atomic E-state index is 12.7. The lowest BCUT2D eigenvalue weighted by molar-refractivity contribution is 0.0994. The first-order chi connectivity index (χ1) is 10.1. The van der Waals surface area contributed by atoms with Crippen molar-refractivity contribution in [2.24, 2.45) is 0 Å². The van der Waals surface area contributed by atoms with Crippen molar-refractivity contribution >= 4 is 44.2 Å². The van der Waals surface area contributed by atoms with Crippen LogP contribution in [0.4, 0.5) is 11.4 Å². The summed E-state index contributed by atoms with van der Waals surface area (Å²) in [5.74, 6) is -0.158. The summed E-state index contributed by atoms with van der Waals surface area (Å²) in [6, 6.07) is 12.9. The van der Waals surface area contributed by atoms with E-state index in [1.165, 1.54) is 11.2 Å². The number of fused-ring (bicyclic) bond motifs is 1. The summed E-state index contributed by atoms with van der Waals surface area (Å²) in [5, 5.41) is 0.796. The minimum absolute atomic E-state index is 0.158. The van der Waals surface area contributed by atoms with Gasteiger partial charge in [0.15, 0.2) is 0 Å². The molecular weight excluding hydrogens is 332 g/mol. The maximum absolute atomic E-state index is 12.7. The third kappa shape index (κ3) is 2.40. The minimum atomic E-state index is -0.158. The Labute approximate surface area is 130 Å². The average Bonchev–Trinajstić information content (AvgIpc) is 2.90. The number of amides is 1. The van der Waals surface area contributed by atoms with E-state index in [9.17, 15) is 4.79 Å². The Bertz CT molecular complexity index is 826. The molecule has 2 aromatic carbocycles. The molecule has 4 nitrogen and oxygen atoms in total. The lowest BCUT2D eigenvalue weighted by Crippen LogP contribution is -2.26. The Morgan fingerprint density at radius 2 is 2.00 bits per heavy atom. The second-order valence-corrected chi connectivity index (χ2v) is 5.63. The van der Waals surface area contributed by atoms with E-state index in [0.29, 0.717) is 22.5 Å². The Kier molecular flexibility index (Phi) is 3.43. The quantitative estimate of drug-likeness (QED) is 0.713. The zero-order chi connectivity index (χ0) is 15.0. The van der Waals surface area contributed by atoms with E-state index >= 15 is 0 Å². The molecule has 0 spiro atoms. The largest absolute Gasteiger partial charge is 0.463 e. The number of benzene rings is 2. The summed E-state index contributed by atoms with van der Waals surface area (Å²) in [5.41, 5.74) is 8.39. The number of furan rings is 1. The number of nitrogens with zero attached hydrogens (tertiary/aromatic N) is 1. The molecule has 0 saturated heterocycles. The monoisotopic (exact) mass is 344 g/mol. The van der Waals surface area contributed by atoms with Gasteiger partial charge in [0.2, 0.25) is 0 Å². The van der Waals surface area contributed by atoms with Gasteiger partial charge in [0.25, 0.3) is 5.91 Å². The van der Waals surface area contributed by atoms with Crippen LogP contribution in [0.5, 0.6) is 0 Å². The number of nitrogens with two attached hydrogens (primary N) is 1. The summed E-state index contributed by atoms with van der Waals surface area (Å²) in [7, 11) is 1.70. The van der Waals surface area contributed by atoms with Gasteiger partial charge in [0, 0.05) is 16.9 Å². The molecule has 21 heavy (non-hydrogen) atoms. The molecule has 5 heteroatoms. The van der Waals surface area contributed by atoms with Crippen LogP contribution in [0.25, 0.3) is 11.0 Å². The van der Waals surface area contributed by atoms with Crippen LogP contribution in [0.3, 0.4) is 0 Å². The van der Waals surface area contributed by atoms with E-state index in [-0.39, 0.29) is 5.91 Å². The molecule has 3 rings (SSSR count). The van der Waals surface area contributed by atoms with Gasteiger partial charge < -0.3 is 15.1 Å². The molecule has 0 bridgehead atoms. The number of rotatable bonds is 2. The van der Waals surface area contributed by atoms with Crippen molar-refractivity contribution in [3.8, 4) is 0 Å². The van der Waals surface area contributed by atoms with E-state index in [0.717, 1.165) is 9.86 Å². The number of para-hydroxylation sites is 1. The number of hydrogen-bond donors (Lipinski definition) is 1. The summed E-state index contributed by atoms with van der Waals surface area (Å²) >= 11 is 3.36. The number of hydrogen-bond acceptors (Lipinski definition) is 3. The van der Waals surface area contributed by atoms with Crippen molar-refractivity contribution < 1.29 is 9.21 Å². The van der Waals surface area contributed by atoms with E-state index in [4.69, 9.17) is 10.2 Å². The van der Waals surface area contributed by atoms with Crippen LogP contribution in [-0.2, 0) is 0 Å². The van der Waals surface area contributed by atoms with Gasteiger partial charge in [-0.3, -0.25) is 4.79 Å². The van der Waals surface area contributed by atoms with Gasteiger partial charge in [0.05, 0.1) is 16.9 Å². The van der Waals surface area contributed by atoms with Gasteiger partial charge in [-0.2, -0.15) is 0 Å². The fourth-order valence-electron chi connectivity index (χ4n) is 2.26. The highest BCUT2D eigenvalue weighted by atomic mass is 79.9. The van der Waals surface area contributed by atoms with Crippen molar-refractivity contribution in [3.63, 3.8) is 0 Å². The predicted molar refractivity (Wildman–Crippen MR) is 87.5 cm³/mol. The normalized spacial score (nSPS) is 10.8. The van der Waals surface area contributed by atoms with Crippen molar-refractivity contribution in [2.45, 2.75) is 0 Å². The van der Waals surface area contributed by atoms with Gasteiger partial charge >= 0.3 is 0 Å². The third-order valence-electron chi connectivity index (χ3n) is 3.37. The number of carbonyl (C=O) groups is 1. The maximum Gasteiger partial charge on any atom is 0.261 e. The zero-order valence-electron chi connectivity index (χ0n) is 11.3. The first kappa shape index (κ1) is 13.7. The Morgan fingerprint density at radius 1 is 1.24 bits per heavy atom. The van der Waals surface area contributed by atoms with Gasteiger partial charge in [-0.1, -0.05) is 34.1 Å². The first-order valence-electron chi connectivity index (χ1n) is 6.37. The molecule has 0 aliphatic rings. The summed E-state index contributed by atoms with van der Waals surface area (Å²) in [4.78, 5) is 14.2. The molecule has 0 fully saturated rings. The molecule has 3 aromatic rings. The second kappa shape index (κ2) is 5.26. The fourth-order valence-corrected chi connectivity index (χ4v) is 2.64. The average molecular weight is 345 g/mol. The van der Waals surface area contributed by atoms with Gasteiger partial charge in [0.1, 0.15) is 11.8 Å². The van der Waals surface area contributed by atoms with Crippen LogP contribution < -0.4 is 10.6 Å². The van der Waals surface area contributed by atoms with Crippen molar-refractivity contribution in [1.29, 1.82) is 0 Å². The second-order valence-electron chi connectivity index (χ2n) is 4.71. The number of nitrogen functional groups attached to an aromatic ring is 1. The highest BCUT2D eigenvalue weighted by Crippen LogP contribution is 2.29. The van der Waals surface area contributed by atoms with Crippen LogP contribution in [-0.4, -0.2) is 13.0 Å². The van der Waals surface area contributed by atoms with Gasteiger partial charge in [-0.15, -0.1) is 0 Å². The Hall–Kier alpha value is -2.27. The van der Waals surface area contributed by atoms with E-state index in [1.54, 1.807) is 19.2 Å². The Balaban J connectivity index is 2.01. The molecule has 0 aliphatic heterocycles. The molecule has 0 saturated carbocycles. The van der Waals surface area contributed by atoms with Crippen LogP contribution in [0, 0.1) is 0 Å². The number of carbonyl (C=O) groups excluding carboxylic acids is 1. The first-order valence-corrected chi connectivity index (χ1v) is 7.16. The highest BCUT2D eigenvalue weighted by molar-refractivity contribution is 9.10. The van der Waals surface area contributed by atoms with Crippen molar-refractivity contribution in [1.82, 2.24) is 0 Å². The molecule has 0 unspecified atom stereocenters. The lowest BCUT2D eigenvalue weighted by Gasteiger charge is -2.18. The summed E-state index contributed by atoms with van der Waals surface area (Å²) in [6.07, 6.45) is 1.48. The Morgan fingerprint density at radius 3 is 2.76 bits per heavy atom. The number of anilines is 2. The van der Waals surface area contributed by atoms with Crippen molar-refractivity contribution in [2.75, 3.05) is 17.7 Å². The molecule has 2 N–H and O–H groups in total. The SMILES string of the molecule is CN(C(=O)c1coc2ccccc12)c1ccc(Br)cc1N. The fraction of sp³-hybridized carbons (Fsp3) is 0.0625. The third-order valence-corrected chi connectivity index (χ3v) is 3.86. The lowest BCUT2D eigenvalue weighted by atomic mass is 10.1. The highest BCUT2D eigenvalue weighted by Gasteiger charge is 2.20. The molecule has 106 valence electrons. The molecule has 0 atom stereocenters. The molecule has 1 amide bonds. The van der Waals surface area contributed by atoms with Crippen LogP contribution in [0.15, 0.2) is 57.6 Å². The molecule has 0 aliphatic carbocycles. The van der Waals surface area contributed by atoms with Gasteiger partial charge in [-0.05, 0) is 24.3 Å². The van der Waals surface area contributed by atoms with Crippen LogP contribution >= 0.6 is 15.9 Å².